The maximum absolute atomic E-state index is 5.78. The average Bonchev–Trinajstić information content (AvgIpc) is 2.42. The molecule has 0 atom stereocenters. The van der Waals surface area contributed by atoms with Crippen molar-refractivity contribution in [3.05, 3.63) is 34.3 Å². The van der Waals surface area contributed by atoms with Crippen LogP contribution in [0, 0.1) is 13.8 Å². The molecule has 18 heavy (non-hydrogen) atoms. The summed E-state index contributed by atoms with van der Waals surface area (Å²) >= 11 is 5.78. The van der Waals surface area contributed by atoms with Crippen molar-refractivity contribution >= 4 is 11.6 Å². The van der Waals surface area contributed by atoms with Gasteiger partial charge in [0.15, 0.2) is 0 Å². The summed E-state index contributed by atoms with van der Waals surface area (Å²) in [5.41, 5.74) is 2.41. The van der Waals surface area contributed by atoms with E-state index in [4.69, 9.17) is 11.6 Å². The van der Waals surface area contributed by atoms with Crippen LogP contribution in [-0.2, 0) is 4.74 Å². The van der Waals surface area contributed by atoms with E-state index >= 15 is 0 Å². The predicted molar refractivity (Wildman–Crippen MR) is 87.9 cm³/mol. The second kappa shape index (κ2) is 25.3. The van der Waals surface area contributed by atoms with Gasteiger partial charge in [-0.05, 0) is 25.5 Å². The van der Waals surface area contributed by atoms with E-state index in [0.29, 0.717) is 0 Å². The molecule has 0 spiro atoms. The van der Waals surface area contributed by atoms with Gasteiger partial charge in [0.05, 0.1) is 0 Å². The monoisotopic (exact) mass is 276 g/mol. The molecule has 0 heterocycles. The van der Waals surface area contributed by atoms with Crippen LogP contribution in [0.4, 0.5) is 0 Å². The molecule has 1 aromatic rings. The number of aryl methyl sites for hydroxylation is 2. The summed E-state index contributed by atoms with van der Waals surface area (Å²) in [5.74, 6) is 0. The maximum Gasteiger partial charge on any atom is 0.0435 e. The van der Waals surface area contributed by atoms with Crippen molar-refractivity contribution < 1.29 is 4.74 Å². The zero-order chi connectivity index (χ0) is 15.6. The molecular weight excluding hydrogens is 244 g/mol. The smallest absolute Gasteiger partial charge is 0.0435 e. The fourth-order valence-electron chi connectivity index (χ4n) is 0.795. The normalized spacial score (nSPS) is 6.83. The van der Waals surface area contributed by atoms with Crippen LogP contribution in [0.5, 0.6) is 0 Å². The first-order valence-corrected chi connectivity index (χ1v) is 7.12. The van der Waals surface area contributed by atoms with Gasteiger partial charge in [-0.15, -0.1) is 0 Å². The highest BCUT2D eigenvalue weighted by Gasteiger charge is 1.91. The van der Waals surface area contributed by atoms with E-state index in [9.17, 15) is 0 Å². The van der Waals surface area contributed by atoms with Crippen molar-refractivity contribution in [2.24, 2.45) is 0 Å². The Kier molecular flexibility index (Phi) is 36.8. The molecule has 0 aromatic heterocycles. The molecule has 0 aliphatic carbocycles. The lowest BCUT2D eigenvalue weighted by Crippen LogP contribution is -1.75. The lowest BCUT2D eigenvalue weighted by Gasteiger charge is -1.96. The summed E-state index contributed by atoms with van der Waals surface area (Å²) in [6.07, 6.45) is 0. The first-order valence-electron chi connectivity index (χ1n) is 6.74. The molecule has 1 nitrogen and oxygen atoms in total. The number of ether oxygens (including phenoxy) is 1. The average molecular weight is 277 g/mol. The van der Waals surface area contributed by atoms with Crippen LogP contribution in [0.3, 0.4) is 0 Å². The number of benzene rings is 1. The Bertz CT molecular complexity index is 235. The summed E-state index contributed by atoms with van der Waals surface area (Å²) in [7, 11) is 3.25. The van der Waals surface area contributed by atoms with Crippen LogP contribution < -0.4 is 0 Å². The van der Waals surface area contributed by atoms with Crippen molar-refractivity contribution in [3.8, 4) is 0 Å². The number of hydrogen-bond acceptors (Lipinski definition) is 1. The van der Waals surface area contributed by atoms with Gasteiger partial charge in [0.2, 0.25) is 0 Å². The zero-order valence-electron chi connectivity index (χ0n) is 14.0. The molecule has 110 valence electrons. The van der Waals surface area contributed by atoms with Gasteiger partial charge >= 0.3 is 0 Å². The topological polar surface area (TPSA) is 9.23 Å². The fourth-order valence-corrected chi connectivity index (χ4v) is 0.912. The van der Waals surface area contributed by atoms with E-state index in [1.807, 2.05) is 60.6 Å². The lowest BCUT2D eigenvalue weighted by atomic mass is 10.2. The van der Waals surface area contributed by atoms with Crippen molar-refractivity contribution in [1.29, 1.82) is 0 Å². The predicted octanol–water partition coefficient (Wildman–Crippen LogP) is 6.30. The molecule has 0 aliphatic rings. The Morgan fingerprint density at radius 2 is 1.17 bits per heavy atom. The van der Waals surface area contributed by atoms with Gasteiger partial charge in [-0.3, -0.25) is 0 Å². The third kappa shape index (κ3) is 20.8. The Morgan fingerprint density at radius 1 is 0.833 bits per heavy atom. The van der Waals surface area contributed by atoms with Crippen LogP contribution in [0.15, 0.2) is 18.2 Å². The molecule has 0 bridgehead atoms. The minimum absolute atomic E-state index is 0.848. The largest absolute Gasteiger partial charge is 0.388 e. The second-order valence-corrected chi connectivity index (χ2v) is 3.07. The van der Waals surface area contributed by atoms with Crippen molar-refractivity contribution in [2.45, 2.75) is 55.4 Å². The third-order valence-electron chi connectivity index (χ3n) is 1.31. The first-order chi connectivity index (χ1) is 8.61. The molecule has 2 heteroatoms. The number of methoxy groups -OCH3 is 1. The second-order valence-electron chi connectivity index (χ2n) is 2.66. The summed E-state index contributed by atoms with van der Waals surface area (Å²) in [4.78, 5) is 0. The van der Waals surface area contributed by atoms with Gasteiger partial charge in [-0.1, -0.05) is 70.8 Å². The highest BCUT2D eigenvalue weighted by atomic mass is 35.5. The van der Waals surface area contributed by atoms with Crippen LogP contribution in [-0.4, -0.2) is 14.2 Å². The summed E-state index contributed by atoms with van der Waals surface area (Å²) in [6, 6.07) is 6.00. The Labute approximate surface area is 121 Å². The number of halogens is 1. The maximum atomic E-state index is 5.78. The molecule has 0 saturated carbocycles. The quantitative estimate of drug-likeness (QED) is 0.540. The fraction of sp³-hybridized carbons (Fsp3) is 0.625. The number of rotatable bonds is 0. The highest BCUT2D eigenvalue weighted by molar-refractivity contribution is 6.31. The van der Waals surface area contributed by atoms with Gasteiger partial charge in [0, 0.05) is 19.2 Å². The molecule has 0 N–H and O–H groups in total. The summed E-state index contributed by atoms with van der Waals surface area (Å²) in [5, 5.41) is 0.848. The molecule has 1 rings (SSSR count). The van der Waals surface area contributed by atoms with E-state index in [1.165, 1.54) is 5.56 Å². The number of hydrogen-bond donors (Lipinski definition) is 0. The van der Waals surface area contributed by atoms with E-state index < -0.39 is 0 Å². The zero-order valence-corrected chi connectivity index (χ0v) is 14.8. The molecule has 0 fully saturated rings. The van der Waals surface area contributed by atoms with Gasteiger partial charge in [0.25, 0.3) is 0 Å². The lowest BCUT2D eigenvalue weighted by molar-refractivity contribution is 0.277. The molecular formula is C16H33ClO. The first kappa shape index (κ1) is 26.1. The van der Waals surface area contributed by atoms with E-state index in [1.54, 1.807) is 14.2 Å². The molecule has 0 aliphatic heterocycles. The van der Waals surface area contributed by atoms with E-state index in [-0.39, 0.29) is 0 Å². The molecule has 1 aromatic carbocycles. The van der Waals surface area contributed by atoms with Gasteiger partial charge < -0.3 is 4.74 Å². The van der Waals surface area contributed by atoms with Crippen LogP contribution >= 0.6 is 11.6 Å². The minimum Gasteiger partial charge on any atom is -0.388 e. The molecule has 0 radical (unpaired) electrons. The Morgan fingerprint density at radius 3 is 1.39 bits per heavy atom. The summed E-state index contributed by atoms with van der Waals surface area (Å²) < 4.78 is 4.25. The standard InChI is InChI=1S/C8H9Cl.C2H6O.3C2H6/c1-6-3-4-8(9)7(2)5-6;1-3-2;3*1-2/h3-5H,1-2H3;1-2H3;3*1-2H3. The Balaban J connectivity index is -0.0000000925. The van der Waals surface area contributed by atoms with E-state index in [0.717, 1.165) is 10.6 Å². The van der Waals surface area contributed by atoms with Crippen molar-refractivity contribution in [2.75, 3.05) is 14.2 Å². The van der Waals surface area contributed by atoms with Gasteiger partial charge in [-0.25, -0.2) is 0 Å². The van der Waals surface area contributed by atoms with Crippen LogP contribution in [0.1, 0.15) is 52.7 Å². The van der Waals surface area contributed by atoms with Crippen LogP contribution in [0.2, 0.25) is 5.02 Å². The van der Waals surface area contributed by atoms with Crippen molar-refractivity contribution in [1.82, 2.24) is 0 Å². The highest BCUT2D eigenvalue weighted by Crippen LogP contribution is 2.14. The SMILES string of the molecule is CC.CC.CC.COC.Cc1ccc(Cl)c(C)c1. The molecule has 0 amide bonds. The third-order valence-corrected chi connectivity index (χ3v) is 1.74. The molecule has 0 unspecified atom stereocenters. The van der Waals surface area contributed by atoms with Gasteiger partial charge in [-0.2, -0.15) is 0 Å². The van der Waals surface area contributed by atoms with E-state index in [2.05, 4.69) is 17.7 Å². The molecule has 0 saturated heterocycles. The van der Waals surface area contributed by atoms with Crippen LogP contribution in [0.25, 0.3) is 0 Å². The van der Waals surface area contributed by atoms with Gasteiger partial charge in [0.1, 0.15) is 0 Å². The summed E-state index contributed by atoms with van der Waals surface area (Å²) in [6.45, 7) is 16.1. The van der Waals surface area contributed by atoms with Crippen molar-refractivity contribution in [3.63, 3.8) is 0 Å². The Hall–Kier alpha value is -0.530. The minimum atomic E-state index is 0.848.